The maximum atomic E-state index is 14.9. The number of aromatic nitrogens is 5. The molecule has 2 amide bonds. The van der Waals surface area contributed by atoms with E-state index in [1.165, 1.54) is 12.3 Å². The largest absolute Gasteiger partial charge is 0.452 e. The molecule has 0 radical (unpaired) electrons. The molecule has 0 spiro atoms. The maximum absolute atomic E-state index is 14.9. The second-order valence-electron chi connectivity index (χ2n) is 9.61. The second-order valence-corrected chi connectivity index (χ2v) is 9.61. The van der Waals surface area contributed by atoms with Crippen molar-refractivity contribution in [1.82, 2.24) is 24.7 Å². The van der Waals surface area contributed by atoms with Gasteiger partial charge in [-0.2, -0.15) is 5.10 Å². The number of carbonyl (C=O) groups excluding carboxylic acids is 1. The van der Waals surface area contributed by atoms with E-state index >= 15 is 0 Å². The van der Waals surface area contributed by atoms with Crippen LogP contribution < -0.4 is 20.9 Å². The Labute approximate surface area is 220 Å². The Morgan fingerprint density at radius 2 is 1.74 bits per heavy atom. The van der Waals surface area contributed by atoms with E-state index in [0.717, 1.165) is 24.0 Å². The number of para-hydroxylation sites is 1. The molecule has 0 unspecified atom stereocenters. The van der Waals surface area contributed by atoms with Crippen LogP contribution in [0.4, 0.5) is 25.1 Å². The van der Waals surface area contributed by atoms with Crippen LogP contribution in [0.3, 0.4) is 0 Å². The number of ether oxygens (including phenoxy) is 1. The SMILES string of the molecule is CC(C)(C)c1cc(NC(=O)Nc2cc(F)c(Oc3ccnc4[nH]c(=O)cnc34)cc2F)n(-c2ccccc2)n1. The highest BCUT2D eigenvalue weighted by atomic mass is 19.1. The fraction of sp³-hybridized carbons (Fsp3) is 0.148. The Morgan fingerprint density at radius 1 is 0.974 bits per heavy atom. The molecule has 12 heteroatoms. The molecular formula is C27H23F2N7O3. The highest BCUT2D eigenvalue weighted by molar-refractivity contribution is 5.99. The normalized spacial score (nSPS) is 11.4. The number of fused-ring (bicyclic) bond motifs is 1. The number of halogens is 2. The molecule has 198 valence electrons. The first-order chi connectivity index (χ1) is 18.6. The van der Waals surface area contributed by atoms with Crippen LogP contribution in [0.15, 0.2) is 71.8 Å². The third kappa shape index (κ3) is 5.44. The zero-order valence-electron chi connectivity index (χ0n) is 21.1. The minimum absolute atomic E-state index is 0.0526. The minimum Gasteiger partial charge on any atom is -0.452 e. The number of H-pyrrole nitrogens is 1. The minimum atomic E-state index is -0.939. The highest BCUT2D eigenvalue weighted by Crippen LogP contribution is 2.32. The topological polar surface area (TPSA) is 127 Å². The molecule has 0 bridgehead atoms. The lowest BCUT2D eigenvalue weighted by atomic mass is 9.92. The Morgan fingerprint density at radius 3 is 2.49 bits per heavy atom. The van der Waals surface area contributed by atoms with Crippen molar-refractivity contribution in [1.29, 1.82) is 0 Å². The van der Waals surface area contributed by atoms with Gasteiger partial charge in [0.2, 0.25) is 0 Å². The fourth-order valence-corrected chi connectivity index (χ4v) is 3.70. The van der Waals surface area contributed by atoms with Gasteiger partial charge < -0.3 is 15.0 Å². The van der Waals surface area contributed by atoms with E-state index in [2.05, 4.69) is 30.7 Å². The van der Waals surface area contributed by atoms with Gasteiger partial charge in [0.25, 0.3) is 5.56 Å². The van der Waals surface area contributed by atoms with Crippen molar-refractivity contribution >= 4 is 28.7 Å². The quantitative estimate of drug-likeness (QED) is 0.274. The fourth-order valence-electron chi connectivity index (χ4n) is 3.70. The van der Waals surface area contributed by atoms with Crippen LogP contribution in [0.2, 0.25) is 0 Å². The molecule has 0 saturated heterocycles. The molecule has 3 aromatic heterocycles. The molecule has 3 heterocycles. The standard InChI is InChI=1S/C27H23F2N7O3/c1-27(2,3)21-13-22(36(35-21)15-7-5-4-6-8-15)33-26(38)32-18-11-17(29)20(12-16(18)28)39-19-9-10-30-25-24(19)31-14-23(37)34-25/h4-14H,1-3H3,(H,30,34,37)(H2,32,33,38). The third-order valence-electron chi connectivity index (χ3n) is 5.65. The van der Waals surface area contributed by atoms with Gasteiger partial charge in [-0.25, -0.2) is 28.2 Å². The number of benzene rings is 2. The average molecular weight is 532 g/mol. The molecule has 0 aliphatic carbocycles. The molecule has 0 fully saturated rings. The van der Waals surface area contributed by atoms with Crippen LogP contribution in [0.25, 0.3) is 16.9 Å². The van der Waals surface area contributed by atoms with Crippen LogP contribution in [0, 0.1) is 11.6 Å². The van der Waals surface area contributed by atoms with Crippen molar-refractivity contribution in [2.75, 3.05) is 10.6 Å². The van der Waals surface area contributed by atoms with Gasteiger partial charge in [0.05, 0.1) is 23.3 Å². The lowest BCUT2D eigenvalue weighted by Crippen LogP contribution is -2.22. The predicted octanol–water partition coefficient (Wildman–Crippen LogP) is 5.52. The summed E-state index contributed by atoms with van der Waals surface area (Å²) in [5.41, 5.74) is 0.541. The molecule has 0 saturated carbocycles. The number of pyridine rings is 1. The van der Waals surface area contributed by atoms with E-state index in [9.17, 15) is 18.4 Å². The second kappa shape index (κ2) is 9.97. The summed E-state index contributed by atoms with van der Waals surface area (Å²) in [7, 11) is 0. The summed E-state index contributed by atoms with van der Waals surface area (Å²) in [4.78, 5) is 34.7. The summed E-state index contributed by atoms with van der Waals surface area (Å²) in [5, 5.41) is 9.61. The van der Waals surface area contributed by atoms with Gasteiger partial charge in [-0.15, -0.1) is 0 Å². The van der Waals surface area contributed by atoms with Gasteiger partial charge in [0.15, 0.2) is 28.8 Å². The van der Waals surface area contributed by atoms with E-state index in [1.807, 2.05) is 51.1 Å². The Bertz CT molecular complexity index is 1740. The number of aromatic amines is 1. The zero-order chi connectivity index (χ0) is 27.7. The molecule has 0 aliphatic rings. The molecular weight excluding hydrogens is 508 g/mol. The summed E-state index contributed by atoms with van der Waals surface area (Å²) in [6.07, 6.45) is 2.35. The number of anilines is 2. The molecule has 10 nitrogen and oxygen atoms in total. The number of nitrogens with one attached hydrogen (secondary N) is 3. The highest BCUT2D eigenvalue weighted by Gasteiger charge is 2.22. The number of carbonyl (C=O) groups is 1. The van der Waals surface area contributed by atoms with Gasteiger partial charge in [0.1, 0.15) is 11.3 Å². The van der Waals surface area contributed by atoms with Gasteiger partial charge in [-0.3, -0.25) is 10.1 Å². The molecule has 0 aliphatic heterocycles. The monoisotopic (exact) mass is 531 g/mol. The number of amides is 2. The first kappa shape index (κ1) is 25.5. The van der Waals surface area contributed by atoms with E-state index < -0.39 is 34.7 Å². The van der Waals surface area contributed by atoms with Crippen molar-refractivity contribution in [3.63, 3.8) is 0 Å². The number of hydrogen-bond donors (Lipinski definition) is 3. The summed E-state index contributed by atoms with van der Waals surface area (Å²) in [5.74, 6) is -1.93. The van der Waals surface area contributed by atoms with Gasteiger partial charge in [-0.1, -0.05) is 39.0 Å². The van der Waals surface area contributed by atoms with Crippen molar-refractivity contribution in [3.05, 3.63) is 94.7 Å². The van der Waals surface area contributed by atoms with E-state index in [0.29, 0.717) is 11.5 Å². The van der Waals surface area contributed by atoms with Crippen LogP contribution in [0.1, 0.15) is 26.5 Å². The molecule has 5 aromatic rings. The average Bonchev–Trinajstić information content (AvgIpc) is 3.32. The Hall–Kier alpha value is -5.13. The smallest absolute Gasteiger partial charge is 0.324 e. The summed E-state index contributed by atoms with van der Waals surface area (Å²) >= 11 is 0. The van der Waals surface area contributed by atoms with Gasteiger partial charge in [0, 0.05) is 35.9 Å². The van der Waals surface area contributed by atoms with E-state index in [1.54, 1.807) is 10.7 Å². The molecule has 39 heavy (non-hydrogen) atoms. The first-order valence-electron chi connectivity index (χ1n) is 11.8. The van der Waals surface area contributed by atoms with Crippen LogP contribution in [-0.4, -0.2) is 30.8 Å². The summed E-state index contributed by atoms with van der Waals surface area (Å²) in [6, 6.07) is 13.1. The maximum Gasteiger partial charge on any atom is 0.324 e. The van der Waals surface area contributed by atoms with E-state index in [4.69, 9.17) is 4.74 Å². The number of hydrogen-bond acceptors (Lipinski definition) is 6. The Kier molecular flexibility index (Phi) is 6.52. The van der Waals surface area contributed by atoms with Crippen LogP contribution in [0.5, 0.6) is 11.5 Å². The van der Waals surface area contributed by atoms with Crippen molar-refractivity contribution in [2.24, 2.45) is 0 Å². The Balaban J connectivity index is 1.38. The molecule has 5 rings (SSSR count). The lowest BCUT2D eigenvalue weighted by Gasteiger charge is -2.14. The zero-order valence-corrected chi connectivity index (χ0v) is 21.1. The predicted molar refractivity (Wildman–Crippen MR) is 141 cm³/mol. The summed E-state index contributed by atoms with van der Waals surface area (Å²) in [6.45, 7) is 5.96. The number of urea groups is 1. The molecule has 0 atom stereocenters. The van der Waals surface area contributed by atoms with Crippen molar-refractivity contribution in [3.8, 4) is 17.2 Å². The van der Waals surface area contributed by atoms with Crippen molar-refractivity contribution in [2.45, 2.75) is 26.2 Å². The van der Waals surface area contributed by atoms with Crippen LogP contribution >= 0.6 is 0 Å². The van der Waals surface area contributed by atoms with Gasteiger partial charge >= 0.3 is 6.03 Å². The number of nitrogens with zero attached hydrogens (tertiary/aromatic N) is 4. The van der Waals surface area contributed by atoms with Crippen LogP contribution in [-0.2, 0) is 5.41 Å². The molecule has 2 aromatic carbocycles. The van der Waals surface area contributed by atoms with Gasteiger partial charge in [-0.05, 0) is 12.1 Å². The third-order valence-corrected chi connectivity index (χ3v) is 5.65. The molecule has 3 N–H and O–H groups in total. The van der Waals surface area contributed by atoms with E-state index in [-0.39, 0.29) is 22.3 Å². The summed E-state index contributed by atoms with van der Waals surface area (Å²) < 4.78 is 36.9. The first-order valence-corrected chi connectivity index (χ1v) is 11.8. The van der Waals surface area contributed by atoms with Crippen molar-refractivity contribution < 1.29 is 18.3 Å². The lowest BCUT2D eigenvalue weighted by molar-refractivity contribution is 0.262. The number of rotatable bonds is 5.